The molecule has 0 radical (unpaired) electrons. The molecule has 0 saturated heterocycles. The standard InChI is InChI=1S/C16H18/c1-3-7-11-15(12-8-4-1)16-13-9-5-2-6-10-14-16/h1,3-5,7-9,11-13H,2,6,10,14H2/b3-1-,4-1?,7-3?,8-4?,9-5-,11-7-,12-8?,15-11?,15-12?,16-13?. The zero-order valence-electron chi connectivity index (χ0n) is 9.60. The second-order valence-electron chi connectivity index (χ2n) is 4.12. The molecule has 0 aromatic carbocycles. The summed E-state index contributed by atoms with van der Waals surface area (Å²) in [4.78, 5) is 0. The fraction of sp³-hybridized carbons (Fsp3) is 0.250. The minimum Gasteiger partial charge on any atom is -0.0845 e. The maximum atomic E-state index is 2.27. The van der Waals surface area contributed by atoms with Crippen molar-refractivity contribution in [1.82, 2.24) is 0 Å². The molecule has 16 heavy (non-hydrogen) atoms. The highest BCUT2D eigenvalue weighted by atomic mass is 14.1. The Hall–Kier alpha value is -1.56. The van der Waals surface area contributed by atoms with Gasteiger partial charge in [0, 0.05) is 0 Å². The Balaban J connectivity index is 2.21. The van der Waals surface area contributed by atoms with Crippen LogP contribution in [0.2, 0.25) is 0 Å². The molecule has 0 aliphatic heterocycles. The number of hydrogen-bond donors (Lipinski definition) is 0. The Morgan fingerprint density at radius 1 is 0.750 bits per heavy atom. The summed E-state index contributed by atoms with van der Waals surface area (Å²) in [6.45, 7) is 0. The maximum Gasteiger partial charge on any atom is -0.0225 e. The number of allylic oxidation sites excluding steroid dienone is 12. The van der Waals surface area contributed by atoms with Crippen molar-refractivity contribution >= 4 is 0 Å². The maximum absolute atomic E-state index is 2.27. The predicted molar refractivity (Wildman–Crippen MR) is 71.2 cm³/mol. The minimum absolute atomic E-state index is 1.19. The molecule has 0 heterocycles. The van der Waals surface area contributed by atoms with Crippen molar-refractivity contribution in [2.45, 2.75) is 25.7 Å². The van der Waals surface area contributed by atoms with Crippen LogP contribution in [0.5, 0.6) is 0 Å². The largest absolute Gasteiger partial charge is 0.0845 e. The highest BCUT2D eigenvalue weighted by molar-refractivity contribution is 5.45. The second-order valence-corrected chi connectivity index (χ2v) is 4.12. The topological polar surface area (TPSA) is 0 Å². The van der Waals surface area contributed by atoms with Gasteiger partial charge in [-0.25, -0.2) is 0 Å². The molecule has 0 aromatic rings. The Morgan fingerprint density at radius 2 is 1.62 bits per heavy atom. The van der Waals surface area contributed by atoms with Gasteiger partial charge in [-0.2, -0.15) is 0 Å². The van der Waals surface area contributed by atoms with E-state index in [9.17, 15) is 0 Å². The molecule has 0 unspecified atom stereocenters. The summed E-state index contributed by atoms with van der Waals surface area (Å²) in [5.74, 6) is 0. The lowest BCUT2D eigenvalue weighted by Gasteiger charge is -2.10. The number of rotatable bonds is 1. The van der Waals surface area contributed by atoms with Crippen LogP contribution < -0.4 is 0 Å². The van der Waals surface area contributed by atoms with Gasteiger partial charge in [0.1, 0.15) is 0 Å². The monoisotopic (exact) mass is 210 g/mol. The van der Waals surface area contributed by atoms with Crippen LogP contribution in [0.1, 0.15) is 25.7 Å². The van der Waals surface area contributed by atoms with Crippen LogP contribution in [0.15, 0.2) is 71.9 Å². The molecule has 0 aromatic heterocycles. The summed E-state index contributed by atoms with van der Waals surface area (Å²) in [7, 11) is 0. The quantitative estimate of drug-likeness (QED) is 0.591. The van der Waals surface area contributed by atoms with Gasteiger partial charge >= 0.3 is 0 Å². The van der Waals surface area contributed by atoms with Crippen molar-refractivity contribution < 1.29 is 0 Å². The van der Waals surface area contributed by atoms with Gasteiger partial charge in [-0.3, -0.25) is 0 Å². The average molecular weight is 210 g/mol. The fourth-order valence-corrected chi connectivity index (χ4v) is 1.96. The molecule has 2 aliphatic carbocycles. The van der Waals surface area contributed by atoms with Gasteiger partial charge in [-0.15, -0.1) is 0 Å². The van der Waals surface area contributed by atoms with Gasteiger partial charge in [-0.1, -0.05) is 60.8 Å². The lowest BCUT2D eigenvalue weighted by molar-refractivity contribution is 0.742. The molecule has 2 rings (SSSR count). The van der Waals surface area contributed by atoms with Crippen LogP contribution in [-0.4, -0.2) is 0 Å². The molecule has 82 valence electrons. The molecule has 0 saturated carbocycles. The first-order valence-corrected chi connectivity index (χ1v) is 6.04. The Morgan fingerprint density at radius 3 is 2.62 bits per heavy atom. The molecule has 0 heteroatoms. The van der Waals surface area contributed by atoms with Gasteiger partial charge < -0.3 is 0 Å². The zero-order chi connectivity index (χ0) is 11.1. The highest BCUT2D eigenvalue weighted by Crippen LogP contribution is 2.22. The third kappa shape index (κ3) is 3.23. The van der Waals surface area contributed by atoms with Crippen LogP contribution in [-0.2, 0) is 0 Å². The summed E-state index contributed by atoms with van der Waals surface area (Å²) in [6, 6.07) is 0. The van der Waals surface area contributed by atoms with Crippen LogP contribution >= 0.6 is 0 Å². The van der Waals surface area contributed by atoms with Crippen molar-refractivity contribution in [3.05, 3.63) is 71.9 Å². The molecule has 0 spiro atoms. The minimum atomic E-state index is 1.19. The molecule has 0 N–H and O–H groups in total. The van der Waals surface area contributed by atoms with Crippen molar-refractivity contribution in [2.75, 3.05) is 0 Å². The van der Waals surface area contributed by atoms with Crippen LogP contribution in [0.3, 0.4) is 0 Å². The van der Waals surface area contributed by atoms with Crippen molar-refractivity contribution in [2.24, 2.45) is 0 Å². The highest BCUT2D eigenvalue weighted by Gasteiger charge is 2.02. The smallest absolute Gasteiger partial charge is 0.0225 e. The second kappa shape index (κ2) is 6.12. The van der Waals surface area contributed by atoms with E-state index < -0.39 is 0 Å². The summed E-state index contributed by atoms with van der Waals surface area (Å²) >= 11 is 0. The van der Waals surface area contributed by atoms with Crippen molar-refractivity contribution in [3.63, 3.8) is 0 Å². The SMILES string of the molecule is C1=C/C=C\C=C/C(C2=C/C=C\CCCC2)=C1. The molecule has 0 bridgehead atoms. The summed E-state index contributed by atoms with van der Waals surface area (Å²) in [6.07, 6.45) is 26.5. The Labute approximate surface area is 98.1 Å². The fourth-order valence-electron chi connectivity index (χ4n) is 1.96. The van der Waals surface area contributed by atoms with Crippen LogP contribution in [0.25, 0.3) is 0 Å². The summed E-state index contributed by atoms with van der Waals surface area (Å²) in [5.41, 5.74) is 2.79. The van der Waals surface area contributed by atoms with E-state index in [4.69, 9.17) is 0 Å². The molecule has 0 nitrogen and oxygen atoms in total. The first-order valence-electron chi connectivity index (χ1n) is 6.04. The third-order valence-electron chi connectivity index (χ3n) is 2.87. The third-order valence-corrected chi connectivity index (χ3v) is 2.87. The van der Waals surface area contributed by atoms with Crippen molar-refractivity contribution in [1.29, 1.82) is 0 Å². The van der Waals surface area contributed by atoms with Crippen LogP contribution in [0, 0.1) is 0 Å². The van der Waals surface area contributed by atoms with E-state index in [1.807, 2.05) is 0 Å². The molecular formula is C16H18. The van der Waals surface area contributed by atoms with E-state index in [-0.39, 0.29) is 0 Å². The lowest BCUT2D eigenvalue weighted by Crippen LogP contribution is -1.90. The average Bonchev–Trinajstić information content (AvgIpc) is 2.18. The summed E-state index contributed by atoms with van der Waals surface area (Å²) < 4.78 is 0. The van der Waals surface area contributed by atoms with Gasteiger partial charge in [0.25, 0.3) is 0 Å². The summed E-state index contributed by atoms with van der Waals surface area (Å²) in [5, 5.41) is 0. The number of hydrogen-bond acceptors (Lipinski definition) is 0. The van der Waals surface area contributed by atoms with E-state index >= 15 is 0 Å². The first kappa shape index (κ1) is 10.9. The zero-order valence-corrected chi connectivity index (χ0v) is 9.60. The normalized spacial score (nSPS) is 26.5. The van der Waals surface area contributed by atoms with E-state index in [0.29, 0.717) is 0 Å². The molecule has 2 aliphatic rings. The molecular weight excluding hydrogens is 192 g/mol. The van der Waals surface area contributed by atoms with E-state index in [2.05, 4.69) is 60.8 Å². The van der Waals surface area contributed by atoms with Gasteiger partial charge in [0.15, 0.2) is 0 Å². The molecule has 0 amide bonds. The molecule has 0 fully saturated rings. The molecule has 0 atom stereocenters. The van der Waals surface area contributed by atoms with Gasteiger partial charge in [0.2, 0.25) is 0 Å². The van der Waals surface area contributed by atoms with Gasteiger partial charge in [-0.05, 0) is 36.8 Å². The van der Waals surface area contributed by atoms with E-state index in [1.165, 1.54) is 36.8 Å². The first-order chi connectivity index (χ1) is 7.97. The van der Waals surface area contributed by atoms with E-state index in [1.54, 1.807) is 0 Å². The van der Waals surface area contributed by atoms with Crippen molar-refractivity contribution in [3.8, 4) is 0 Å². The predicted octanol–water partition coefficient (Wildman–Crippen LogP) is 4.65. The Bertz CT molecular complexity index is 398. The Kier molecular flexibility index (Phi) is 4.18. The van der Waals surface area contributed by atoms with Gasteiger partial charge in [0.05, 0.1) is 0 Å². The lowest BCUT2D eigenvalue weighted by atomic mass is 9.96. The van der Waals surface area contributed by atoms with Crippen LogP contribution in [0.4, 0.5) is 0 Å². The van der Waals surface area contributed by atoms with E-state index in [0.717, 1.165) is 0 Å².